The van der Waals surface area contributed by atoms with Crippen molar-refractivity contribution in [3.05, 3.63) is 23.8 Å². The molecule has 2 atom stereocenters. The van der Waals surface area contributed by atoms with Crippen molar-refractivity contribution in [1.29, 1.82) is 5.26 Å². The maximum atomic E-state index is 12.8. The van der Waals surface area contributed by atoms with Gasteiger partial charge in [-0.05, 0) is 24.5 Å². The van der Waals surface area contributed by atoms with Crippen LogP contribution in [-0.4, -0.2) is 18.5 Å². The van der Waals surface area contributed by atoms with Gasteiger partial charge in [0, 0.05) is 0 Å². The van der Waals surface area contributed by atoms with Crippen LogP contribution in [0.15, 0.2) is 23.8 Å². The zero-order chi connectivity index (χ0) is 11.4. The van der Waals surface area contributed by atoms with Gasteiger partial charge in [-0.2, -0.15) is 5.26 Å². The fraction of sp³-hybridized carbons (Fsp3) is 0.545. The average molecular weight is 225 g/mol. The van der Waals surface area contributed by atoms with E-state index in [9.17, 15) is 8.78 Å². The number of nitriles is 1. The van der Waals surface area contributed by atoms with E-state index in [2.05, 4.69) is 15.5 Å². The Hall–Kier alpha value is -1.25. The van der Waals surface area contributed by atoms with Crippen molar-refractivity contribution in [3.8, 4) is 6.07 Å². The van der Waals surface area contributed by atoms with Crippen molar-refractivity contribution in [2.75, 3.05) is 0 Å². The van der Waals surface area contributed by atoms with Gasteiger partial charge in [-0.1, -0.05) is 12.2 Å². The molecule has 1 saturated heterocycles. The number of hydrogen-bond acceptors (Lipinski definition) is 3. The highest BCUT2D eigenvalue weighted by Gasteiger charge is 2.52. The number of halogens is 2. The minimum atomic E-state index is -3.52. The fourth-order valence-electron chi connectivity index (χ4n) is 2.10. The van der Waals surface area contributed by atoms with E-state index in [0.29, 0.717) is 0 Å². The van der Waals surface area contributed by atoms with E-state index in [1.165, 1.54) is 0 Å². The zero-order valence-corrected chi connectivity index (χ0v) is 8.32. The summed E-state index contributed by atoms with van der Waals surface area (Å²) in [6.45, 7) is 0. The Kier molecular flexibility index (Phi) is 1.80. The number of hydrogen-bond donors (Lipinski definition) is 0. The molecule has 84 valence electrons. The highest BCUT2D eigenvalue weighted by molar-refractivity contribution is 5.42. The van der Waals surface area contributed by atoms with Gasteiger partial charge in [0.15, 0.2) is 0 Å². The summed E-state index contributed by atoms with van der Waals surface area (Å²) in [5.41, 5.74) is 0.306. The van der Waals surface area contributed by atoms with Gasteiger partial charge in [-0.3, -0.25) is 9.47 Å². The lowest BCUT2D eigenvalue weighted by Crippen LogP contribution is -2.22. The molecule has 0 radical (unpaired) electrons. The molecule has 1 aliphatic heterocycles. The molecule has 1 heterocycles. The van der Waals surface area contributed by atoms with Crippen LogP contribution in [0.4, 0.5) is 8.78 Å². The Labute approximate surface area is 90.9 Å². The van der Waals surface area contributed by atoms with Gasteiger partial charge in [0.25, 0.3) is 0 Å². The van der Waals surface area contributed by atoms with Crippen LogP contribution in [-0.2, 0) is 9.47 Å². The number of alkyl halides is 2. The monoisotopic (exact) mass is 225 g/mol. The molecule has 1 saturated carbocycles. The standard InChI is InChI=1S/C11H9F2NO2/c12-11(13)15-8-2-1-7(5-9(8)16-11)10(6-14)3-4-10/h1-2,5,8-9H,3-4H2. The summed E-state index contributed by atoms with van der Waals surface area (Å²) >= 11 is 0. The molecule has 3 nitrogen and oxygen atoms in total. The number of rotatable bonds is 1. The largest absolute Gasteiger partial charge is 0.486 e. The molecule has 0 aromatic rings. The van der Waals surface area contributed by atoms with E-state index in [1.54, 1.807) is 18.2 Å². The summed E-state index contributed by atoms with van der Waals surface area (Å²) in [6, 6.07) is 2.22. The molecule has 0 aromatic carbocycles. The molecule has 2 unspecified atom stereocenters. The lowest BCUT2D eigenvalue weighted by molar-refractivity contribution is -0.347. The normalized spacial score (nSPS) is 37.4. The highest BCUT2D eigenvalue weighted by Crippen LogP contribution is 2.53. The van der Waals surface area contributed by atoms with Crippen LogP contribution in [0.1, 0.15) is 12.8 Å². The van der Waals surface area contributed by atoms with Gasteiger partial charge in [0.05, 0.1) is 11.5 Å². The molecule has 16 heavy (non-hydrogen) atoms. The van der Waals surface area contributed by atoms with Gasteiger partial charge in [0.1, 0.15) is 12.2 Å². The Balaban J connectivity index is 1.87. The lowest BCUT2D eigenvalue weighted by atomic mass is 9.90. The maximum absolute atomic E-state index is 12.8. The molecule has 5 heteroatoms. The summed E-state index contributed by atoms with van der Waals surface area (Å²) in [4.78, 5) is 0. The molecule has 0 amide bonds. The first-order chi connectivity index (χ1) is 7.55. The second-order valence-corrected chi connectivity index (χ2v) is 4.30. The van der Waals surface area contributed by atoms with Crippen LogP contribution in [0.5, 0.6) is 0 Å². The summed E-state index contributed by atoms with van der Waals surface area (Å²) in [6.07, 6.45) is 1.36. The number of fused-ring (bicyclic) bond motifs is 1. The van der Waals surface area contributed by atoms with Gasteiger partial charge in [-0.15, -0.1) is 8.78 Å². The van der Waals surface area contributed by atoms with Gasteiger partial charge < -0.3 is 0 Å². The van der Waals surface area contributed by atoms with E-state index in [0.717, 1.165) is 18.4 Å². The second-order valence-electron chi connectivity index (χ2n) is 4.30. The predicted molar refractivity (Wildman–Crippen MR) is 49.2 cm³/mol. The molecule has 0 aromatic heterocycles. The summed E-state index contributed by atoms with van der Waals surface area (Å²) < 4.78 is 34.4. The highest BCUT2D eigenvalue weighted by atomic mass is 19.3. The van der Waals surface area contributed by atoms with E-state index < -0.39 is 23.9 Å². The fourth-order valence-corrected chi connectivity index (χ4v) is 2.10. The SMILES string of the molecule is N#CC1(C2=CC3OC(F)(F)OC3C=C2)CC1. The third-order valence-electron chi connectivity index (χ3n) is 3.20. The summed E-state index contributed by atoms with van der Waals surface area (Å²) in [7, 11) is 0. The second kappa shape index (κ2) is 2.90. The Morgan fingerprint density at radius 1 is 1.31 bits per heavy atom. The average Bonchev–Trinajstić information content (AvgIpc) is 2.95. The van der Waals surface area contributed by atoms with E-state index >= 15 is 0 Å². The minimum Gasteiger partial charge on any atom is -0.285 e. The van der Waals surface area contributed by atoms with Crippen molar-refractivity contribution >= 4 is 0 Å². The van der Waals surface area contributed by atoms with Crippen LogP contribution < -0.4 is 0 Å². The zero-order valence-electron chi connectivity index (χ0n) is 8.32. The quantitative estimate of drug-likeness (QED) is 0.686. The first kappa shape index (κ1) is 9.94. The third kappa shape index (κ3) is 1.38. The smallest absolute Gasteiger partial charge is 0.285 e. The Morgan fingerprint density at radius 3 is 2.62 bits per heavy atom. The van der Waals surface area contributed by atoms with Crippen molar-refractivity contribution in [1.82, 2.24) is 0 Å². The number of nitrogens with zero attached hydrogens (tertiary/aromatic N) is 1. The van der Waals surface area contributed by atoms with Crippen LogP contribution >= 0.6 is 0 Å². The molecule has 3 rings (SSSR count). The van der Waals surface area contributed by atoms with Crippen LogP contribution in [0.2, 0.25) is 0 Å². The van der Waals surface area contributed by atoms with Crippen LogP contribution in [0.3, 0.4) is 0 Å². The van der Waals surface area contributed by atoms with Crippen molar-refractivity contribution in [2.45, 2.75) is 31.3 Å². The van der Waals surface area contributed by atoms with E-state index in [1.807, 2.05) is 0 Å². The van der Waals surface area contributed by atoms with Crippen LogP contribution in [0, 0.1) is 16.7 Å². The maximum Gasteiger partial charge on any atom is 0.486 e. The molecule has 2 fully saturated rings. The van der Waals surface area contributed by atoms with Crippen molar-refractivity contribution in [2.24, 2.45) is 5.41 Å². The lowest BCUT2D eigenvalue weighted by Gasteiger charge is -2.17. The molecule has 0 spiro atoms. The summed E-state index contributed by atoms with van der Waals surface area (Å²) in [5.74, 6) is 0. The third-order valence-corrected chi connectivity index (χ3v) is 3.20. The van der Waals surface area contributed by atoms with Gasteiger partial charge >= 0.3 is 6.29 Å². The number of allylic oxidation sites excluding steroid dienone is 2. The van der Waals surface area contributed by atoms with Crippen molar-refractivity contribution < 1.29 is 18.3 Å². The summed E-state index contributed by atoms with van der Waals surface area (Å²) in [5, 5.41) is 9.01. The van der Waals surface area contributed by atoms with E-state index in [4.69, 9.17) is 5.26 Å². The molecule has 3 aliphatic rings. The first-order valence-corrected chi connectivity index (χ1v) is 5.10. The predicted octanol–water partition coefficient (Wildman–Crippen LogP) is 2.12. The topological polar surface area (TPSA) is 42.2 Å². The van der Waals surface area contributed by atoms with Gasteiger partial charge in [-0.25, -0.2) is 0 Å². The minimum absolute atomic E-state index is 0.470. The molecular formula is C11H9F2NO2. The molecule has 0 bridgehead atoms. The molecular weight excluding hydrogens is 216 g/mol. The Bertz CT molecular complexity index is 432. The molecule has 0 N–H and O–H groups in total. The van der Waals surface area contributed by atoms with E-state index in [-0.39, 0.29) is 0 Å². The Morgan fingerprint density at radius 2 is 2.00 bits per heavy atom. The first-order valence-electron chi connectivity index (χ1n) is 5.10. The molecule has 2 aliphatic carbocycles. The van der Waals surface area contributed by atoms with Crippen molar-refractivity contribution in [3.63, 3.8) is 0 Å². The number of ether oxygens (including phenoxy) is 2. The van der Waals surface area contributed by atoms with Gasteiger partial charge in [0.2, 0.25) is 0 Å². The van der Waals surface area contributed by atoms with Crippen LogP contribution in [0.25, 0.3) is 0 Å².